The van der Waals surface area contributed by atoms with Gasteiger partial charge in [-0.2, -0.15) is 0 Å². The van der Waals surface area contributed by atoms with Crippen molar-refractivity contribution in [3.05, 3.63) is 54.6 Å². The number of hydrogen-bond donors (Lipinski definition) is 1. The van der Waals surface area contributed by atoms with Crippen LogP contribution >= 0.6 is 0 Å². The van der Waals surface area contributed by atoms with Gasteiger partial charge in [-0.3, -0.25) is 4.90 Å². The van der Waals surface area contributed by atoms with E-state index in [9.17, 15) is 4.79 Å². The quantitative estimate of drug-likeness (QED) is 0.861. The van der Waals surface area contributed by atoms with E-state index in [4.69, 9.17) is 0 Å². The number of hydrogen-bond acceptors (Lipinski definition) is 2. The third-order valence-electron chi connectivity index (χ3n) is 3.51. The minimum atomic E-state index is -0.0863. The third kappa shape index (κ3) is 2.32. The summed E-state index contributed by atoms with van der Waals surface area (Å²) in [6.07, 6.45) is 0. The number of amides is 2. The van der Waals surface area contributed by atoms with Gasteiger partial charge in [0.25, 0.3) is 0 Å². The molecule has 0 radical (unpaired) electrons. The molecule has 4 heteroatoms. The number of fused-ring (bicyclic) bond motifs is 1. The number of urea groups is 1. The van der Waals surface area contributed by atoms with Crippen molar-refractivity contribution >= 4 is 23.1 Å². The molecule has 1 heterocycles. The van der Waals surface area contributed by atoms with E-state index < -0.39 is 0 Å². The lowest BCUT2D eigenvalue weighted by Gasteiger charge is -2.35. The lowest BCUT2D eigenvalue weighted by molar-refractivity contribution is 0.257. The maximum Gasteiger partial charge on any atom is 0.326 e. The second-order valence-electron chi connectivity index (χ2n) is 4.86. The Morgan fingerprint density at radius 1 is 0.950 bits per heavy atom. The Bertz CT molecular complexity index is 612. The summed E-state index contributed by atoms with van der Waals surface area (Å²) in [6, 6.07) is 17.4. The molecule has 0 fully saturated rings. The van der Waals surface area contributed by atoms with Crippen LogP contribution in [0.1, 0.15) is 0 Å². The number of nitrogens with one attached hydrogen (secondary N) is 1. The first kappa shape index (κ1) is 12.5. The van der Waals surface area contributed by atoms with Gasteiger partial charge in [0.05, 0.1) is 11.4 Å². The Hall–Kier alpha value is -2.49. The number of rotatable bonds is 1. The molecule has 0 atom stereocenters. The molecular formula is C16H17N3O. The number of anilines is 3. The van der Waals surface area contributed by atoms with Crippen LogP contribution in [0.25, 0.3) is 0 Å². The van der Waals surface area contributed by atoms with Gasteiger partial charge in [-0.15, -0.1) is 0 Å². The fourth-order valence-corrected chi connectivity index (χ4v) is 2.43. The van der Waals surface area contributed by atoms with E-state index in [1.807, 2.05) is 61.6 Å². The molecule has 0 aromatic heterocycles. The highest BCUT2D eigenvalue weighted by Gasteiger charge is 2.24. The van der Waals surface area contributed by atoms with Gasteiger partial charge in [0.2, 0.25) is 0 Å². The van der Waals surface area contributed by atoms with E-state index in [0.717, 1.165) is 23.6 Å². The molecule has 0 saturated carbocycles. The Morgan fingerprint density at radius 3 is 2.35 bits per heavy atom. The largest absolute Gasteiger partial charge is 0.371 e. The van der Waals surface area contributed by atoms with Crippen molar-refractivity contribution in [1.82, 2.24) is 0 Å². The van der Waals surface area contributed by atoms with Gasteiger partial charge in [0.1, 0.15) is 0 Å². The highest BCUT2D eigenvalue weighted by atomic mass is 16.2. The van der Waals surface area contributed by atoms with Crippen LogP contribution in [0.3, 0.4) is 0 Å². The smallest absolute Gasteiger partial charge is 0.326 e. The summed E-state index contributed by atoms with van der Waals surface area (Å²) in [4.78, 5) is 16.4. The SMILES string of the molecule is CN1CCN(C(=O)Nc2ccccc2)c2ccccc21. The lowest BCUT2D eigenvalue weighted by atomic mass is 10.2. The maximum absolute atomic E-state index is 12.4. The van der Waals surface area contributed by atoms with Crippen LogP contribution in [0.5, 0.6) is 0 Å². The first-order chi connectivity index (χ1) is 9.75. The number of nitrogens with zero attached hydrogens (tertiary/aromatic N) is 2. The molecule has 1 aliphatic rings. The fourth-order valence-electron chi connectivity index (χ4n) is 2.43. The summed E-state index contributed by atoms with van der Waals surface area (Å²) >= 11 is 0. The molecule has 1 N–H and O–H groups in total. The van der Waals surface area contributed by atoms with Crippen molar-refractivity contribution in [3.63, 3.8) is 0 Å². The Kier molecular flexibility index (Phi) is 3.29. The van der Waals surface area contributed by atoms with Crippen molar-refractivity contribution in [2.75, 3.05) is 35.3 Å². The van der Waals surface area contributed by atoms with Gasteiger partial charge in [-0.1, -0.05) is 30.3 Å². The standard InChI is InChI=1S/C16H17N3O/c1-18-11-12-19(15-10-6-5-9-14(15)18)16(20)17-13-7-3-2-4-8-13/h2-10H,11-12H2,1H3,(H,17,20). The molecule has 102 valence electrons. The van der Waals surface area contributed by atoms with Crippen LogP contribution < -0.4 is 15.1 Å². The summed E-state index contributed by atoms with van der Waals surface area (Å²) in [5.74, 6) is 0. The van der Waals surface area contributed by atoms with Crippen LogP contribution in [0.15, 0.2) is 54.6 Å². The molecule has 20 heavy (non-hydrogen) atoms. The topological polar surface area (TPSA) is 35.6 Å². The van der Waals surface area contributed by atoms with E-state index in [2.05, 4.69) is 10.2 Å². The van der Waals surface area contributed by atoms with Gasteiger partial charge in [-0.05, 0) is 24.3 Å². The molecule has 0 bridgehead atoms. The van der Waals surface area contributed by atoms with Gasteiger partial charge in [0, 0.05) is 25.8 Å². The number of benzene rings is 2. The molecule has 1 aliphatic heterocycles. The number of carbonyl (C=O) groups is 1. The number of carbonyl (C=O) groups excluding carboxylic acids is 1. The van der Waals surface area contributed by atoms with Crippen molar-refractivity contribution in [1.29, 1.82) is 0 Å². The van der Waals surface area contributed by atoms with Crippen LogP contribution in [0.2, 0.25) is 0 Å². The normalized spacial score (nSPS) is 13.8. The van der Waals surface area contributed by atoms with Crippen molar-refractivity contribution in [2.24, 2.45) is 0 Å². The van der Waals surface area contributed by atoms with Crippen LogP contribution in [-0.2, 0) is 0 Å². The summed E-state index contributed by atoms with van der Waals surface area (Å²) in [5.41, 5.74) is 2.85. The highest BCUT2D eigenvalue weighted by molar-refractivity contribution is 6.04. The zero-order valence-corrected chi connectivity index (χ0v) is 11.4. The van der Waals surface area contributed by atoms with Gasteiger partial charge in [-0.25, -0.2) is 4.79 Å². The number of likely N-dealkylation sites (N-methyl/N-ethyl adjacent to an activating group) is 1. The molecular weight excluding hydrogens is 250 g/mol. The molecule has 3 rings (SSSR count). The minimum Gasteiger partial charge on any atom is -0.371 e. The lowest BCUT2D eigenvalue weighted by Crippen LogP contribution is -2.44. The first-order valence-corrected chi connectivity index (χ1v) is 6.69. The number of para-hydroxylation sites is 3. The van der Waals surface area contributed by atoms with Crippen molar-refractivity contribution < 1.29 is 4.79 Å². The van der Waals surface area contributed by atoms with Crippen LogP contribution in [-0.4, -0.2) is 26.2 Å². The molecule has 0 unspecified atom stereocenters. The highest BCUT2D eigenvalue weighted by Crippen LogP contribution is 2.32. The van der Waals surface area contributed by atoms with Crippen LogP contribution in [0, 0.1) is 0 Å². The third-order valence-corrected chi connectivity index (χ3v) is 3.51. The molecule has 4 nitrogen and oxygen atoms in total. The van der Waals surface area contributed by atoms with E-state index in [-0.39, 0.29) is 6.03 Å². The molecule has 0 spiro atoms. The fraction of sp³-hybridized carbons (Fsp3) is 0.188. The predicted octanol–water partition coefficient (Wildman–Crippen LogP) is 3.17. The zero-order valence-electron chi connectivity index (χ0n) is 11.4. The Labute approximate surface area is 118 Å². The summed E-state index contributed by atoms with van der Waals surface area (Å²) in [6.45, 7) is 1.52. The monoisotopic (exact) mass is 267 g/mol. The second-order valence-corrected chi connectivity index (χ2v) is 4.86. The van der Waals surface area contributed by atoms with Gasteiger partial charge >= 0.3 is 6.03 Å². The minimum absolute atomic E-state index is 0.0863. The Balaban J connectivity index is 1.84. The van der Waals surface area contributed by atoms with E-state index in [0.29, 0.717) is 6.54 Å². The average molecular weight is 267 g/mol. The van der Waals surface area contributed by atoms with E-state index in [1.54, 1.807) is 4.90 Å². The zero-order chi connectivity index (χ0) is 13.9. The Morgan fingerprint density at radius 2 is 1.60 bits per heavy atom. The van der Waals surface area contributed by atoms with Crippen molar-refractivity contribution in [2.45, 2.75) is 0 Å². The van der Waals surface area contributed by atoms with Crippen LogP contribution in [0.4, 0.5) is 21.9 Å². The van der Waals surface area contributed by atoms with E-state index in [1.165, 1.54) is 0 Å². The summed E-state index contributed by atoms with van der Waals surface area (Å²) < 4.78 is 0. The molecule has 2 aromatic rings. The predicted molar refractivity (Wildman–Crippen MR) is 82.5 cm³/mol. The van der Waals surface area contributed by atoms with E-state index >= 15 is 0 Å². The second kappa shape index (κ2) is 5.25. The summed E-state index contributed by atoms with van der Waals surface area (Å²) in [7, 11) is 2.05. The summed E-state index contributed by atoms with van der Waals surface area (Å²) in [5, 5.41) is 2.94. The average Bonchev–Trinajstić information content (AvgIpc) is 2.49. The molecule has 0 aliphatic carbocycles. The molecule has 2 amide bonds. The first-order valence-electron chi connectivity index (χ1n) is 6.69. The molecule has 0 saturated heterocycles. The van der Waals surface area contributed by atoms with Gasteiger partial charge < -0.3 is 10.2 Å². The molecule has 2 aromatic carbocycles. The van der Waals surface area contributed by atoms with Gasteiger partial charge in [0.15, 0.2) is 0 Å². The van der Waals surface area contributed by atoms with Crippen molar-refractivity contribution in [3.8, 4) is 0 Å². The maximum atomic E-state index is 12.4.